The van der Waals surface area contributed by atoms with Gasteiger partial charge in [-0.1, -0.05) is 19.3 Å². The molecular weight excluding hydrogens is 333 g/mol. The molecule has 4 rings (SSSR count). The first-order chi connectivity index (χ1) is 12.7. The van der Waals surface area contributed by atoms with Crippen molar-refractivity contribution in [3.8, 4) is 0 Å². The van der Waals surface area contributed by atoms with Crippen LogP contribution in [0.3, 0.4) is 0 Å². The Kier molecular flexibility index (Phi) is 4.46. The summed E-state index contributed by atoms with van der Waals surface area (Å²) in [5, 5.41) is 8.30. The quantitative estimate of drug-likeness (QED) is 0.667. The van der Waals surface area contributed by atoms with Crippen LogP contribution in [-0.4, -0.2) is 14.8 Å². The predicted molar refractivity (Wildman–Crippen MR) is 100 cm³/mol. The van der Waals surface area contributed by atoms with Crippen molar-refractivity contribution < 1.29 is 4.39 Å². The van der Waals surface area contributed by atoms with E-state index in [0.717, 1.165) is 18.4 Å². The molecule has 0 atom stereocenters. The van der Waals surface area contributed by atoms with Crippen molar-refractivity contribution in [2.24, 2.45) is 5.73 Å². The Hall–Kier alpha value is -2.67. The molecule has 0 aliphatic heterocycles. The molecule has 26 heavy (non-hydrogen) atoms. The normalized spacial score (nSPS) is 15.5. The van der Waals surface area contributed by atoms with Gasteiger partial charge in [-0.25, -0.2) is 4.39 Å². The SMILES string of the molecule is NCc1cc(F)cc(Nc2nn(C3CCCCC3)c3cc[nH]c(=O)c23)c1. The summed E-state index contributed by atoms with van der Waals surface area (Å²) >= 11 is 0. The van der Waals surface area contributed by atoms with E-state index < -0.39 is 0 Å². The lowest BCUT2D eigenvalue weighted by molar-refractivity contribution is 0.338. The number of pyridine rings is 1. The van der Waals surface area contributed by atoms with Gasteiger partial charge in [0.25, 0.3) is 5.56 Å². The van der Waals surface area contributed by atoms with E-state index >= 15 is 0 Å². The average molecular weight is 355 g/mol. The first-order valence-electron chi connectivity index (χ1n) is 9.02. The highest BCUT2D eigenvalue weighted by atomic mass is 19.1. The molecule has 136 valence electrons. The Labute approximate surface area is 150 Å². The lowest BCUT2D eigenvalue weighted by Crippen LogP contribution is -2.14. The van der Waals surface area contributed by atoms with Gasteiger partial charge < -0.3 is 16.0 Å². The number of hydrogen-bond donors (Lipinski definition) is 3. The second-order valence-electron chi connectivity index (χ2n) is 6.83. The smallest absolute Gasteiger partial charge is 0.261 e. The summed E-state index contributed by atoms with van der Waals surface area (Å²) in [6.07, 6.45) is 7.33. The zero-order chi connectivity index (χ0) is 18.1. The molecule has 2 heterocycles. The van der Waals surface area contributed by atoms with Gasteiger partial charge in [0.05, 0.1) is 11.6 Å². The summed E-state index contributed by atoms with van der Waals surface area (Å²) in [6.45, 7) is 0.240. The molecule has 2 aromatic heterocycles. The van der Waals surface area contributed by atoms with Gasteiger partial charge >= 0.3 is 0 Å². The minimum absolute atomic E-state index is 0.206. The third-order valence-electron chi connectivity index (χ3n) is 5.01. The Morgan fingerprint density at radius 2 is 2.08 bits per heavy atom. The Bertz CT molecular complexity index is 987. The number of aromatic nitrogens is 3. The van der Waals surface area contributed by atoms with Crippen LogP contribution < -0.4 is 16.6 Å². The fourth-order valence-electron chi connectivity index (χ4n) is 3.77. The molecule has 1 aromatic carbocycles. The topological polar surface area (TPSA) is 88.7 Å². The van der Waals surface area contributed by atoms with E-state index in [-0.39, 0.29) is 24.0 Å². The number of nitrogens with one attached hydrogen (secondary N) is 2. The number of halogens is 1. The molecule has 1 fully saturated rings. The number of anilines is 2. The fourth-order valence-corrected chi connectivity index (χ4v) is 3.77. The second-order valence-corrected chi connectivity index (χ2v) is 6.83. The van der Waals surface area contributed by atoms with Crippen molar-refractivity contribution >= 4 is 22.4 Å². The van der Waals surface area contributed by atoms with Crippen molar-refractivity contribution in [3.63, 3.8) is 0 Å². The second kappa shape index (κ2) is 6.92. The van der Waals surface area contributed by atoms with Crippen molar-refractivity contribution in [2.45, 2.75) is 44.7 Å². The molecule has 3 aromatic rings. The van der Waals surface area contributed by atoms with Crippen molar-refractivity contribution in [2.75, 3.05) is 5.32 Å². The van der Waals surface area contributed by atoms with Crippen molar-refractivity contribution in [1.29, 1.82) is 0 Å². The molecule has 0 radical (unpaired) electrons. The van der Waals surface area contributed by atoms with Crippen LogP contribution in [0, 0.1) is 5.82 Å². The minimum atomic E-state index is -0.375. The van der Waals surface area contributed by atoms with Crippen LogP contribution in [0.4, 0.5) is 15.9 Å². The fraction of sp³-hybridized carbons (Fsp3) is 0.368. The Balaban J connectivity index is 1.80. The number of hydrogen-bond acceptors (Lipinski definition) is 4. The zero-order valence-corrected chi connectivity index (χ0v) is 14.5. The van der Waals surface area contributed by atoms with Gasteiger partial charge in [0.1, 0.15) is 11.2 Å². The Morgan fingerprint density at radius 1 is 1.27 bits per heavy atom. The lowest BCUT2D eigenvalue weighted by atomic mass is 9.95. The van der Waals surface area contributed by atoms with Crippen LogP contribution in [0.2, 0.25) is 0 Å². The molecule has 6 nitrogen and oxygen atoms in total. The van der Waals surface area contributed by atoms with Crippen LogP contribution in [0.1, 0.15) is 43.7 Å². The molecule has 0 bridgehead atoms. The summed E-state index contributed by atoms with van der Waals surface area (Å²) < 4.78 is 15.8. The summed E-state index contributed by atoms with van der Waals surface area (Å²) in [6, 6.07) is 6.71. The van der Waals surface area contributed by atoms with Gasteiger partial charge in [-0.3, -0.25) is 9.48 Å². The Morgan fingerprint density at radius 3 is 2.85 bits per heavy atom. The molecule has 0 amide bonds. The first-order valence-corrected chi connectivity index (χ1v) is 9.02. The number of rotatable bonds is 4. The molecule has 1 aliphatic rings. The van der Waals surface area contributed by atoms with E-state index in [1.807, 2.05) is 10.7 Å². The molecular formula is C19H22FN5O. The summed E-state index contributed by atoms with van der Waals surface area (Å²) in [5.74, 6) is 0.0707. The minimum Gasteiger partial charge on any atom is -0.338 e. The van der Waals surface area contributed by atoms with Gasteiger partial charge in [-0.15, -0.1) is 0 Å². The van der Waals surface area contributed by atoms with Crippen LogP contribution in [-0.2, 0) is 6.54 Å². The third-order valence-corrected chi connectivity index (χ3v) is 5.01. The summed E-state index contributed by atoms with van der Waals surface area (Å²) in [7, 11) is 0. The lowest BCUT2D eigenvalue weighted by Gasteiger charge is -2.22. The number of nitrogens with two attached hydrogens (primary N) is 1. The number of benzene rings is 1. The van der Waals surface area contributed by atoms with E-state index in [1.165, 1.54) is 31.4 Å². The molecule has 1 saturated carbocycles. The van der Waals surface area contributed by atoms with Crippen molar-refractivity contribution in [1.82, 2.24) is 14.8 Å². The van der Waals surface area contributed by atoms with Crippen LogP contribution in [0.5, 0.6) is 0 Å². The van der Waals surface area contributed by atoms with E-state index in [2.05, 4.69) is 15.4 Å². The van der Waals surface area contributed by atoms with Crippen LogP contribution >= 0.6 is 0 Å². The van der Waals surface area contributed by atoms with Crippen LogP contribution in [0.25, 0.3) is 10.9 Å². The molecule has 0 saturated heterocycles. The van der Waals surface area contributed by atoms with Gasteiger partial charge in [0, 0.05) is 18.4 Å². The van der Waals surface area contributed by atoms with Crippen LogP contribution in [0.15, 0.2) is 35.3 Å². The molecule has 0 unspecified atom stereocenters. The van der Waals surface area contributed by atoms with Gasteiger partial charge in [-0.05, 0) is 42.7 Å². The largest absolute Gasteiger partial charge is 0.338 e. The predicted octanol–water partition coefficient (Wildman–Crippen LogP) is 3.57. The number of H-pyrrole nitrogens is 1. The molecule has 0 spiro atoms. The van der Waals surface area contributed by atoms with Gasteiger partial charge in [0.2, 0.25) is 0 Å². The molecule has 1 aliphatic carbocycles. The molecule has 7 heteroatoms. The summed E-state index contributed by atoms with van der Waals surface area (Å²) in [4.78, 5) is 15.1. The first kappa shape index (κ1) is 16.8. The highest BCUT2D eigenvalue weighted by Gasteiger charge is 2.22. The maximum Gasteiger partial charge on any atom is 0.261 e. The number of fused-ring (bicyclic) bond motifs is 1. The van der Waals surface area contributed by atoms with Gasteiger partial charge in [-0.2, -0.15) is 5.10 Å². The van der Waals surface area contributed by atoms with E-state index in [4.69, 9.17) is 5.73 Å². The number of aromatic amines is 1. The zero-order valence-electron chi connectivity index (χ0n) is 14.5. The highest BCUT2D eigenvalue weighted by molar-refractivity contribution is 5.91. The summed E-state index contributed by atoms with van der Waals surface area (Å²) in [5.41, 5.74) is 7.44. The third kappa shape index (κ3) is 3.10. The molecule has 4 N–H and O–H groups in total. The maximum absolute atomic E-state index is 13.8. The standard InChI is InChI=1S/C19H22FN5O/c20-13-8-12(11-21)9-14(10-13)23-18-17-16(6-7-22-19(17)26)25(24-18)15-4-2-1-3-5-15/h6-10,15H,1-5,11,21H2,(H,22,26)(H,23,24). The van der Waals surface area contributed by atoms with E-state index in [0.29, 0.717) is 22.5 Å². The van der Waals surface area contributed by atoms with Gasteiger partial charge in [0.15, 0.2) is 5.82 Å². The number of nitrogens with zero attached hydrogens (tertiary/aromatic N) is 2. The van der Waals surface area contributed by atoms with Crippen molar-refractivity contribution in [3.05, 3.63) is 52.2 Å². The monoisotopic (exact) mass is 355 g/mol. The average Bonchev–Trinajstić information content (AvgIpc) is 3.01. The maximum atomic E-state index is 13.8. The highest BCUT2D eigenvalue weighted by Crippen LogP contribution is 2.32. The van der Waals surface area contributed by atoms with E-state index in [9.17, 15) is 9.18 Å². The van der Waals surface area contributed by atoms with E-state index in [1.54, 1.807) is 12.3 Å².